The van der Waals surface area contributed by atoms with Gasteiger partial charge in [-0.05, 0) is 32.0 Å². The molecular formula is C15H23ClN2O2S. The Kier molecular flexibility index (Phi) is 4.98. The molecule has 2 rings (SSSR count). The van der Waals surface area contributed by atoms with Crippen LogP contribution in [0, 0.1) is 0 Å². The van der Waals surface area contributed by atoms with E-state index in [2.05, 4.69) is 18.7 Å². The number of halogens is 1. The largest absolute Gasteiger partial charge is 0.299 e. The Labute approximate surface area is 132 Å². The molecule has 118 valence electrons. The number of nitrogens with zero attached hydrogens (tertiary/aromatic N) is 2. The molecule has 0 radical (unpaired) electrons. The summed E-state index contributed by atoms with van der Waals surface area (Å²) in [5, 5.41) is 0. The average molecular weight is 331 g/mol. The van der Waals surface area contributed by atoms with Crippen LogP contribution in [0.4, 0.5) is 0 Å². The molecule has 1 aliphatic rings. The topological polar surface area (TPSA) is 40.6 Å². The molecule has 1 fully saturated rings. The summed E-state index contributed by atoms with van der Waals surface area (Å²) in [6.45, 7) is 5.98. The SMILES string of the molecule is CN1CCN(S(=O)(=O)Cc2cccc(CCl)c2)CC1(C)C. The van der Waals surface area contributed by atoms with Crippen molar-refractivity contribution in [2.45, 2.75) is 31.0 Å². The monoisotopic (exact) mass is 330 g/mol. The molecule has 4 nitrogen and oxygen atoms in total. The summed E-state index contributed by atoms with van der Waals surface area (Å²) in [6, 6.07) is 7.47. The lowest BCUT2D eigenvalue weighted by Crippen LogP contribution is -2.58. The van der Waals surface area contributed by atoms with Crippen LogP contribution in [0.15, 0.2) is 24.3 Å². The van der Waals surface area contributed by atoms with Crippen LogP contribution < -0.4 is 0 Å². The Balaban J connectivity index is 2.15. The highest BCUT2D eigenvalue weighted by molar-refractivity contribution is 7.88. The van der Waals surface area contributed by atoms with Gasteiger partial charge in [0.25, 0.3) is 0 Å². The number of alkyl halides is 1. The summed E-state index contributed by atoms with van der Waals surface area (Å²) in [4.78, 5) is 2.20. The van der Waals surface area contributed by atoms with Crippen molar-refractivity contribution in [2.24, 2.45) is 0 Å². The fourth-order valence-corrected chi connectivity index (χ4v) is 4.36. The normalized spacial score (nSPS) is 20.6. The second kappa shape index (κ2) is 6.24. The van der Waals surface area contributed by atoms with E-state index < -0.39 is 10.0 Å². The van der Waals surface area contributed by atoms with Gasteiger partial charge in [0.2, 0.25) is 10.0 Å². The summed E-state index contributed by atoms with van der Waals surface area (Å²) in [7, 11) is -1.26. The van der Waals surface area contributed by atoms with E-state index in [4.69, 9.17) is 11.6 Å². The van der Waals surface area contributed by atoms with E-state index >= 15 is 0 Å². The summed E-state index contributed by atoms with van der Waals surface area (Å²) < 4.78 is 26.9. The Morgan fingerprint density at radius 1 is 1.24 bits per heavy atom. The molecule has 0 aromatic heterocycles. The van der Waals surface area contributed by atoms with E-state index in [-0.39, 0.29) is 11.3 Å². The molecule has 1 heterocycles. The molecule has 1 saturated heterocycles. The van der Waals surface area contributed by atoms with E-state index in [1.807, 2.05) is 31.3 Å². The summed E-state index contributed by atoms with van der Waals surface area (Å²) in [5.41, 5.74) is 1.61. The van der Waals surface area contributed by atoms with Gasteiger partial charge in [0.1, 0.15) is 0 Å². The molecule has 0 bridgehead atoms. The van der Waals surface area contributed by atoms with E-state index in [0.29, 0.717) is 19.0 Å². The maximum atomic E-state index is 12.6. The first-order valence-corrected chi connectivity index (χ1v) is 9.22. The summed E-state index contributed by atoms with van der Waals surface area (Å²) >= 11 is 5.81. The minimum absolute atomic E-state index is 0.0392. The van der Waals surface area contributed by atoms with Gasteiger partial charge in [-0.3, -0.25) is 4.90 Å². The molecule has 21 heavy (non-hydrogen) atoms. The molecule has 0 spiro atoms. The van der Waals surface area contributed by atoms with Crippen LogP contribution in [-0.2, 0) is 21.7 Å². The zero-order valence-corrected chi connectivity index (χ0v) is 14.4. The van der Waals surface area contributed by atoms with Crippen molar-refractivity contribution in [1.29, 1.82) is 0 Å². The van der Waals surface area contributed by atoms with Gasteiger partial charge in [-0.2, -0.15) is 4.31 Å². The van der Waals surface area contributed by atoms with Gasteiger partial charge in [0.05, 0.1) is 5.75 Å². The van der Waals surface area contributed by atoms with Crippen LogP contribution in [0.25, 0.3) is 0 Å². The molecule has 6 heteroatoms. The van der Waals surface area contributed by atoms with Gasteiger partial charge in [-0.1, -0.05) is 24.3 Å². The quantitative estimate of drug-likeness (QED) is 0.795. The van der Waals surface area contributed by atoms with Crippen LogP contribution in [0.2, 0.25) is 0 Å². The second-order valence-corrected chi connectivity index (χ2v) is 8.51. The van der Waals surface area contributed by atoms with Crippen LogP contribution in [0.3, 0.4) is 0 Å². The van der Waals surface area contributed by atoms with Gasteiger partial charge in [-0.25, -0.2) is 8.42 Å². The van der Waals surface area contributed by atoms with Crippen molar-refractivity contribution in [3.63, 3.8) is 0 Å². The highest BCUT2D eigenvalue weighted by atomic mass is 35.5. The van der Waals surface area contributed by atoms with Crippen molar-refractivity contribution in [3.8, 4) is 0 Å². The zero-order chi connectivity index (χ0) is 15.7. The Morgan fingerprint density at radius 2 is 1.90 bits per heavy atom. The number of hydrogen-bond donors (Lipinski definition) is 0. The highest BCUT2D eigenvalue weighted by Gasteiger charge is 2.36. The maximum absolute atomic E-state index is 12.6. The number of benzene rings is 1. The molecule has 0 amide bonds. The molecular weight excluding hydrogens is 308 g/mol. The first-order valence-electron chi connectivity index (χ1n) is 7.07. The molecule has 1 aromatic rings. The van der Waals surface area contributed by atoms with Gasteiger partial charge in [0.15, 0.2) is 0 Å². The number of piperazine rings is 1. The Hall–Kier alpha value is -0.620. The number of rotatable bonds is 4. The maximum Gasteiger partial charge on any atom is 0.218 e. The smallest absolute Gasteiger partial charge is 0.218 e. The lowest BCUT2D eigenvalue weighted by molar-refractivity contribution is 0.0801. The van der Waals surface area contributed by atoms with E-state index in [1.165, 1.54) is 0 Å². The molecule has 1 aromatic carbocycles. The van der Waals surface area contributed by atoms with Crippen LogP contribution in [0.5, 0.6) is 0 Å². The van der Waals surface area contributed by atoms with E-state index in [9.17, 15) is 8.42 Å². The lowest BCUT2D eigenvalue weighted by atomic mass is 10.0. The fourth-order valence-electron chi connectivity index (χ4n) is 2.54. The fraction of sp³-hybridized carbons (Fsp3) is 0.600. The predicted octanol–water partition coefficient (Wildman–Crippen LogP) is 2.28. The van der Waals surface area contributed by atoms with Crippen molar-refractivity contribution in [3.05, 3.63) is 35.4 Å². The lowest BCUT2D eigenvalue weighted by Gasteiger charge is -2.44. The first kappa shape index (κ1) is 16.7. The molecule has 0 N–H and O–H groups in total. The van der Waals surface area contributed by atoms with Crippen LogP contribution >= 0.6 is 11.6 Å². The van der Waals surface area contributed by atoms with Crippen LogP contribution in [-0.4, -0.2) is 49.8 Å². The third-order valence-electron chi connectivity index (χ3n) is 4.17. The van der Waals surface area contributed by atoms with E-state index in [1.54, 1.807) is 4.31 Å². The molecule has 1 aliphatic heterocycles. The van der Waals surface area contributed by atoms with E-state index in [0.717, 1.165) is 17.7 Å². The van der Waals surface area contributed by atoms with Crippen LogP contribution in [0.1, 0.15) is 25.0 Å². The summed E-state index contributed by atoms with van der Waals surface area (Å²) in [5.74, 6) is 0.437. The van der Waals surface area contributed by atoms with Gasteiger partial charge in [0, 0.05) is 31.1 Å². The van der Waals surface area contributed by atoms with Gasteiger partial charge >= 0.3 is 0 Å². The van der Waals surface area contributed by atoms with Crippen molar-refractivity contribution in [1.82, 2.24) is 9.21 Å². The number of hydrogen-bond acceptors (Lipinski definition) is 3. The van der Waals surface area contributed by atoms with Gasteiger partial charge in [-0.15, -0.1) is 11.6 Å². The minimum Gasteiger partial charge on any atom is -0.299 e. The second-order valence-electron chi connectivity index (χ2n) is 6.28. The molecule has 0 saturated carbocycles. The van der Waals surface area contributed by atoms with Crippen molar-refractivity contribution in [2.75, 3.05) is 26.7 Å². The Bertz CT molecular complexity index is 601. The molecule has 0 atom stereocenters. The molecule has 0 aliphatic carbocycles. The first-order chi connectivity index (χ1) is 9.74. The van der Waals surface area contributed by atoms with Crippen molar-refractivity contribution >= 4 is 21.6 Å². The average Bonchev–Trinajstić information content (AvgIpc) is 2.41. The minimum atomic E-state index is -3.29. The van der Waals surface area contributed by atoms with Crippen molar-refractivity contribution < 1.29 is 8.42 Å². The molecule has 0 unspecified atom stereocenters. The number of likely N-dealkylation sites (N-methyl/N-ethyl adjacent to an activating group) is 1. The highest BCUT2D eigenvalue weighted by Crippen LogP contribution is 2.23. The summed E-state index contributed by atoms with van der Waals surface area (Å²) in [6.07, 6.45) is 0. The Morgan fingerprint density at radius 3 is 2.52 bits per heavy atom. The third-order valence-corrected chi connectivity index (χ3v) is 6.27. The predicted molar refractivity (Wildman–Crippen MR) is 86.9 cm³/mol. The third kappa shape index (κ3) is 3.97. The zero-order valence-electron chi connectivity index (χ0n) is 12.8. The number of sulfonamides is 1. The standard InChI is InChI=1S/C15H23ClN2O2S/c1-15(2)12-18(8-7-17(15)3)21(19,20)11-14-6-4-5-13(9-14)10-16/h4-6,9H,7-8,10-12H2,1-3H3. The van der Waals surface area contributed by atoms with Gasteiger partial charge < -0.3 is 0 Å².